The largest absolute Gasteiger partial charge is 0.383 e. The zero-order valence-corrected chi connectivity index (χ0v) is 21.4. The first-order valence-electron chi connectivity index (χ1n) is 12.3. The molecule has 0 saturated carbocycles. The van der Waals surface area contributed by atoms with Crippen LogP contribution in [-0.4, -0.2) is 60.1 Å². The van der Waals surface area contributed by atoms with E-state index in [1.807, 2.05) is 28.9 Å². The zero-order chi connectivity index (χ0) is 25.0. The molecule has 186 valence electrons. The van der Waals surface area contributed by atoms with Crippen LogP contribution in [0.2, 0.25) is 0 Å². The fourth-order valence-electron chi connectivity index (χ4n) is 4.59. The first-order valence-corrected chi connectivity index (χ1v) is 12.3. The molecule has 1 aromatic heterocycles. The summed E-state index contributed by atoms with van der Waals surface area (Å²) < 4.78 is 7.10. The number of urea groups is 1. The van der Waals surface area contributed by atoms with Crippen LogP contribution < -0.4 is 10.6 Å². The maximum atomic E-state index is 13.3. The summed E-state index contributed by atoms with van der Waals surface area (Å²) in [7, 11) is 1.72. The van der Waals surface area contributed by atoms with Gasteiger partial charge in [0.25, 0.3) is 0 Å². The zero-order valence-electron chi connectivity index (χ0n) is 21.4. The van der Waals surface area contributed by atoms with Crippen molar-refractivity contribution in [2.24, 2.45) is 0 Å². The van der Waals surface area contributed by atoms with Crippen molar-refractivity contribution in [1.82, 2.24) is 20.0 Å². The molecule has 2 atom stereocenters. The molecule has 7 heteroatoms. The summed E-state index contributed by atoms with van der Waals surface area (Å²) in [6.45, 7) is 11.6. The van der Waals surface area contributed by atoms with Crippen molar-refractivity contribution < 1.29 is 9.53 Å². The van der Waals surface area contributed by atoms with Crippen LogP contribution in [0.4, 0.5) is 10.6 Å². The maximum Gasteiger partial charge on any atom is 0.320 e. The van der Waals surface area contributed by atoms with Gasteiger partial charge in [-0.1, -0.05) is 63.2 Å². The molecule has 1 aliphatic heterocycles. The van der Waals surface area contributed by atoms with E-state index in [1.165, 1.54) is 5.56 Å². The van der Waals surface area contributed by atoms with Crippen LogP contribution in [0.3, 0.4) is 0 Å². The van der Waals surface area contributed by atoms with E-state index in [-0.39, 0.29) is 23.4 Å². The third-order valence-electron chi connectivity index (χ3n) is 6.52. The number of carbonyl (C=O) groups is 1. The Hall–Kier alpha value is -3.16. The average molecular weight is 476 g/mol. The number of anilines is 1. The Balaban J connectivity index is 1.55. The lowest BCUT2D eigenvalue weighted by Gasteiger charge is -2.21. The Morgan fingerprint density at radius 2 is 1.86 bits per heavy atom. The number of nitrogens with zero attached hydrogens (tertiary/aromatic N) is 3. The number of aryl methyl sites for hydroxylation is 1. The lowest BCUT2D eigenvalue weighted by Crippen LogP contribution is -2.42. The minimum Gasteiger partial charge on any atom is -0.383 e. The molecule has 0 spiro atoms. The summed E-state index contributed by atoms with van der Waals surface area (Å²) in [6, 6.07) is 20.3. The number of hydrogen-bond acceptors (Lipinski definition) is 4. The minimum atomic E-state index is -0.223. The fourth-order valence-corrected chi connectivity index (χ4v) is 4.59. The number of hydrogen-bond donors (Lipinski definition) is 2. The molecule has 1 saturated heterocycles. The number of benzene rings is 2. The number of amides is 2. The summed E-state index contributed by atoms with van der Waals surface area (Å²) >= 11 is 0. The van der Waals surface area contributed by atoms with Gasteiger partial charge in [0.1, 0.15) is 5.82 Å². The van der Waals surface area contributed by atoms with Crippen molar-refractivity contribution in [3.05, 3.63) is 77.5 Å². The topological polar surface area (TPSA) is 71.4 Å². The van der Waals surface area contributed by atoms with Crippen LogP contribution >= 0.6 is 0 Å². The van der Waals surface area contributed by atoms with Gasteiger partial charge in [-0.15, -0.1) is 0 Å². The first kappa shape index (κ1) is 24.9. The van der Waals surface area contributed by atoms with Gasteiger partial charge in [0.2, 0.25) is 0 Å². The number of aromatic nitrogens is 2. The van der Waals surface area contributed by atoms with Gasteiger partial charge in [0.05, 0.1) is 24.0 Å². The molecule has 0 unspecified atom stereocenters. The Labute approximate surface area is 208 Å². The van der Waals surface area contributed by atoms with Crippen LogP contribution in [0.1, 0.15) is 43.5 Å². The lowest BCUT2D eigenvalue weighted by atomic mass is 9.92. The predicted molar refractivity (Wildman–Crippen MR) is 140 cm³/mol. The van der Waals surface area contributed by atoms with Gasteiger partial charge in [-0.25, -0.2) is 9.48 Å². The first-order chi connectivity index (χ1) is 16.7. The van der Waals surface area contributed by atoms with Crippen LogP contribution in [0.5, 0.6) is 0 Å². The fraction of sp³-hybridized carbons (Fsp3) is 0.429. The molecule has 2 aromatic carbocycles. The van der Waals surface area contributed by atoms with Gasteiger partial charge in [-0.2, -0.15) is 5.10 Å². The molecule has 0 aliphatic carbocycles. The molecule has 3 aromatic rings. The third-order valence-corrected chi connectivity index (χ3v) is 6.52. The van der Waals surface area contributed by atoms with Crippen molar-refractivity contribution in [2.45, 2.75) is 45.1 Å². The summed E-state index contributed by atoms with van der Waals surface area (Å²) in [5.41, 5.74) is 4.07. The van der Waals surface area contributed by atoms with Crippen LogP contribution in [0.25, 0.3) is 5.69 Å². The van der Waals surface area contributed by atoms with Crippen molar-refractivity contribution in [3.63, 3.8) is 0 Å². The molecule has 1 fully saturated rings. The highest BCUT2D eigenvalue weighted by Gasteiger charge is 2.34. The minimum absolute atomic E-state index is 0.00770. The molecule has 7 nitrogen and oxygen atoms in total. The van der Waals surface area contributed by atoms with Crippen molar-refractivity contribution in [3.8, 4) is 5.69 Å². The number of ether oxygens (including phenoxy) is 1. The maximum absolute atomic E-state index is 13.3. The second-order valence-electron chi connectivity index (χ2n) is 10.4. The molecule has 35 heavy (non-hydrogen) atoms. The van der Waals surface area contributed by atoms with E-state index in [0.29, 0.717) is 12.4 Å². The van der Waals surface area contributed by atoms with Gasteiger partial charge >= 0.3 is 6.03 Å². The Morgan fingerprint density at radius 3 is 2.54 bits per heavy atom. The number of rotatable bonds is 7. The normalized spacial score (nSPS) is 18.5. The van der Waals surface area contributed by atoms with E-state index in [9.17, 15) is 4.79 Å². The van der Waals surface area contributed by atoms with E-state index in [4.69, 9.17) is 9.84 Å². The SMILES string of the molecule is COCCN1C[C@H](NC(=O)Nc2cc(C(C)(C)C)nn2-c2cccc(C)c2)[C@@H](c2ccccc2)C1. The Kier molecular flexibility index (Phi) is 7.57. The van der Waals surface area contributed by atoms with Gasteiger partial charge < -0.3 is 10.1 Å². The van der Waals surface area contributed by atoms with E-state index in [0.717, 1.165) is 36.6 Å². The summed E-state index contributed by atoms with van der Waals surface area (Å²) in [5.74, 6) is 0.870. The second-order valence-corrected chi connectivity index (χ2v) is 10.4. The van der Waals surface area contributed by atoms with Gasteiger partial charge in [0.15, 0.2) is 0 Å². The van der Waals surface area contributed by atoms with Crippen LogP contribution in [-0.2, 0) is 10.2 Å². The van der Waals surface area contributed by atoms with E-state index in [1.54, 1.807) is 7.11 Å². The molecule has 1 aliphatic rings. The summed E-state index contributed by atoms with van der Waals surface area (Å²) in [4.78, 5) is 15.6. The average Bonchev–Trinajstić information content (AvgIpc) is 3.42. The van der Waals surface area contributed by atoms with E-state index < -0.39 is 0 Å². The molecular formula is C28H37N5O2. The van der Waals surface area contributed by atoms with Gasteiger partial charge in [-0.05, 0) is 30.2 Å². The molecule has 0 bridgehead atoms. The van der Waals surface area contributed by atoms with Gasteiger partial charge in [0, 0.05) is 44.1 Å². The number of likely N-dealkylation sites (tertiary alicyclic amines) is 1. The van der Waals surface area contributed by atoms with Crippen LogP contribution in [0.15, 0.2) is 60.7 Å². The third kappa shape index (κ3) is 6.10. The van der Waals surface area contributed by atoms with E-state index >= 15 is 0 Å². The molecule has 2 heterocycles. The summed E-state index contributed by atoms with van der Waals surface area (Å²) in [5, 5.41) is 11.2. The highest BCUT2D eigenvalue weighted by molar-refractivity contribution is 5.89. The standard InChI is InChI=1S/C28H37N5O2/c1-20-10-9-13-22(16-20)33-26(17-25(31-33)28(2,3)4)30-27(34)29-24-19-32(14-15-35-5)18-23(24)21-11-7-6-8-12-21/h6-13,16-17,23-24H,14-15,18-19H2,1-5H3,(H2,29,30,34)/t23-,24+/m1/s1. The molecular weight excluding hydrogens is 438 g/mol. The molecule has 0 radical (unpaired) electrons. The quantitative estimate of drug-likeness (QED) is 0.519. The van der Waals surface area contributed by atoms with Crippen molar-refractivity contribution >= 4 is 11.8 Å². The second kappa shape index (κ2) is 10.6. The number of carbonyl (C=O) groups excluding carboxylic acids is 1. The number of methoxy groups -OCH3 is 1. The van der Waals surface area contributed by atoms with Crippen LogP contribution in [0, 0.1) is 6.92 Å². The highest BCUT2D eigenvalue weighted by Crippen LogP contribution is 2.29. The number of nitrogens with one attached hydrogen (secondary N) is 2. The molecule has 4 rings (SSSR count). The summed E-state index contributed by atoms with van der Waals surface area (Å²) in [6.07, 6.45) is 0. The smallest absolute Gasteiger partial charge is 0.320 e. The highest BCUT2D eigenvalue weighted by atomic mass is 16.5. The van der Waals surface area contributed by atoms with Crippen molar-refractivity contribution in [2.75, 3.05) is 38.7 Å². The van der Waals surface area contributed by atoms with E-state index in [2.05, 4.69) is 79.6 Å². The molecule has 2 amide bonds. The Bertz CT molecular complexity index is 1140. The molecule has 2 N–H and O–H groups in total. The Morgan fingerprint density at radius 1 is 1.09 bits per heavy atom. The van der Waals surface area contributed by atoms with Gasteiger partial charge in [-0.3, -0.25) is 10.2 Å². The predicted octanol–water partition coefficient (Wildman–Crippen LogP) is 4.71. The monoisotopic (exact) mass is 475 g/mol. The lowest BCUT2D eigenvalue weighted by molar-refractivity contribution is 0.159. The van der Waals surface area contributed by atoms with Crippen molar-refractivity contribution in [1.29, 1.82) is 0 Å².